The Hall–Kier alpha value is -1.51. The lowest BCUT2D eigenvalue weighted by molar-refractivity contribution is -0.120. The highest BCUT2D eigenvalue weighted by Gasteiger charge is 2.43. The first-order chi connectivity index (χ1) is 9.50. The number of rotatable bonds is 2. The molecule has 102 valence electrons. The van der Waals surface area contributed by atoms with Crippen molar-refractivity contribution in [2.45, 2.75) is 18.8 Å². The van der Waals surface area contributed by atoms with Crippen molar-refractivity contribution in [3.8, 4) is 0 Å². The molecule has 3 rings (SSSR count). The third kappa shape index (κ3) is 2.09. The molecule has 0 aliphatic carbocycles. The first kappa shape index (κ1) is 13.5. The van der Waals surface area contributed by atoms with Gasteiger partial charge < -0.3 is 5.32 Å². The maximum Gasteiger partial charge on any atom is 0.235 e. The fourth-order valence-corrected chi connectivity index (χ4v) is 3.04. The minimum absolute atomic E-state index is 0.0188. The van der Waals surface area contributed by atoms with Crippen LogP contribution in [0.4, 0.5) is 5.69 Å². The summed E-state index contributed by atoms with van der Waals surface area (Å²) in [6, 6.07) is 13.1. The van der Waals surface area contributed by atoms with E-state index in [1.54, 1.807) is 6.07 Å². The molecule has 1 aliphatic heterocycles. The van der Waals surface area contributed by atoms with Gasteiger partial charge in [0.25, 0.3) is 0 Å². The molecule has 1 atom stereocenters. The van der Waals surface area contributed by atoms with E-state index >= 15 is 0 Å². The topological polar surface area (TPSA) is 29.1 Å². The van der Waals surface area contributed by atoms with Crippen molar-refractivity contribution in [3.05, 3.63) is 63.6 Å². The predicted octanol–water partition coefficient (Wildman–Crippen LogP) is 4.45. The molecular weight excluding hydrogens is 293 g/mol. The van der Waals surface area contributed by atoms with Crippen LogP contribution in [0, 0.1) is 0 Å². The zero-order valence-electron chi connectivity index (χ0n) is 10.9. The fraction of sp³-hybridized carbons (Fsp3) is 0.188. The number of carbonyl (C=O) groups is 1. The Morgan fingerprint density at radius 2 is 1.90 bits per heavy atom. The Morgan fingerprint density at radius 1 is 1.15 bits per heavy atom. The van der Waals surface area contributed by atoms with Gasteiger partial charge in [0.2, 0.25) is 5.91 Å². The molecule has 1 N–H and O–H groups in total. The maximum atomic E-state index is 12.4. The second-order valence-electron chi connectivity index (χ2n) is 5.24. The Morgan fingerprint density at radius 3 is 2.65 bits per heavy atom. The highest BCUT2D eigenvalue weighted by Crippen LogP contribution is 2.42. The number of carbonyl (C=O) groups excluding carboxylic acids is 1. The van der Waals surface area contributed by atoms with Crippen LogP contribution >= 0.6 is 23.2 Å². The summed E-state index contributed by atoms with van der Waals surface area (Å²) in [6.45, 7) is 1.92. The van der Waals surface area contributed by atoms with E-state index in [-0.39, 0.29) is 5.91 Å². The van der Waals surface area contributed by atoms with Crippen LogP contribution in [-0.2, 0) is 16.6 Å². The molecule has 2 aromatic carbocycles. The minimum atomic E-state index is -0.648. The Labute approximate surface area is 127 Å². The molecule has 0 fully saturated rings. The smallest absolute Gasteiger partial charge is 0.235 e. The first-order valence-electron chi connectivity index (χ1n) is 6.35. The van der Waals surface area contributed by atoms with Gasteiger partial charge in [0, 0.05) is 15.7 Å². The van der Waals surface area contributed by atoms with Crippen molar-refractivity contribution in [1.29, 1.82) is 0 Å². The van der Waals surface area contributed by atoms with Crippen molar-refractivity contribution < 1.29 is 4.79 Å². The lowest BCUT2D eigenvalue weighted by Crippen LogP contribution is -2.33. The van der Waals surface area contributed by atoms with E-state index < -0.39 is 5.41 Å². The van der Waals surface area contributed by atoms with Gasteiger partial charge in [-0.3, -0.25) is 4.79 Å². The van der Waals surface area contributed by atoms with Gasteiger partial charge in [0.05, 0.1) is 5.41 Å². The van der Waals surface area contributed by atoms with Crippen molar-refractivity contribution >= 4 is 34.8 Å². The highest BCUT2D eigenvalue weighted by molar-refractivity contribution is 6.31. The summed E-state index contributed by atoms with van der Waals surface area (Å²) in [5, 5.41) is 4.22. The molecule has 2 nitrogen and oxygen atoms in total. The molecule has 1 unspecified atom stereocenters. The SMILES string of the molecule is CC1(Cc2ccccc2Cl)C(=O)Nc2ccc(Cl)cc21. The highest BCUT2D eigenvalue weighted by atomic mass is 35.5. The Balaban J connectivity index is 2.07. The van der Waals surface area contributed by atoms with Gasteiger partial charge >= 0.3 is 0 Å². The van der Waals surface area contributed by atoms with Gasteiger partial charge in [-0.05, 0) is 48.7 Å². The van der Waals surface area contributed by atoms with Crippen LogP contribution in [0.5, 0.6) is 0 Å². The summed E-state index contributed by atoms with van der Waals surface area (Å²) in [4.78, 5) is 12.4. The van der Waals surface area contributed by atoms with Gasteiger partial charge in [-0.1, -0.05) is 41.4 Å². The average molecular weight is 306 g/mol. The summed E-state index contributed by atoms with van der Waals surface area (Å²) < 4.78 is 0. The minimum Gasteiger partial charge on any atom is -0.325 e. The van der Waals surface area contributed by atoms with E-state index in [1.807, 2.05) is 43.3 Å². The average Bonchev–Trinajstić information content (AvgIpc) is 2.65. The normalized spacial score (nSPS) is 20.6. The van der Waals surface area contributed by atoms with Crippen LogP contribution in [0.2, 0.25) is 10.0 Å². The van der Waals surface area contributed by atoms with Crippen LogP contribution in [0.1, 0.15) is 18.1 Å². The summed E-state index contributed by atoms with van der Waals surface area (Å²) in [5.41, 5.74) is 2.06. The molecule has 0 saturated heterocycles. The number of halogens is 2. The van der Waals surface area contributed by atoms with Crippen molar-refractivity contribution in [1.82, 2.24) is 0 Å². The number of anilines is 1. The van der Waals surface area contributed by atoms with Gasteiger partial charge in [0.15, 0.2) is 0 Å². The number of hydrogen-bond donors (Lipinski definition) is 1. The maximum absolute atomic E-state index is 12.4. The molecule has 1 aliphatic rings. The second-order valence-corrected chi connectivity index (χ2v) is 6.09. The number of hydrogen-bond acceptors (Lipinski definition) is 1. The zero-order valence-corrected chi connectivity index (χ0v) is 12.4. The Kier molecular flexibility index (Phi) is 3.23. The quantitative estimate of drug-likeness (QED) is 0.873. The molecule has 2 aromatic rings. The molecular formula is C16H13Cl2NO. The van der Waals surface area contributed by atoms with Crippen molar-refractivity contribution in [3.63, 3.8) is 0 Å². The van der Waals surface area contributed by atoms with Crippen LogP contribution in [0.25, 0.3) is 0 Å². The lowest BCUT2D eigenvalue weighted by Gasteiger charge is -2.23. The van der Waals surface area contributed by atoms with E-state index in [0.717, 1.165) is 16.8 Å². The second kappa shape index (κ2) is 4.80. The predicted molar refractivity (Wildman–Crippen MR) is 82.6 cm³/mol. The van der Waals surface area contributed by atoms with E-state index in [9.17, 15) is 4.79 Å². The van der Waals surface area contributed by atoms with E-state index in [4.69, 9.17) is 23.2 Å². The zero-order chi connectivity index (χ0) is 14.3. The summed E-state index contributed by atoms with van der Waals surface area (Å²) in [5.74, 6) is -0.0188. The number of fused-ring (bicyclic) bond motifs is 1. The first-order valence-corrected chi connectivity index (χ1v) is 7.11. The van der Waals surface area contributed by atoms with Gasteiger partial charge in [0.1, 0.15) is 0 Å². The molecule has 0 saturated carbocycles. The van der Waals surface area contributed by atoms with Crippen molar-refractivity contribution in [2.75, 3.05) is 5.32 Å². The molecule has 0 aromatic heterocycles. The third-order valence-electron chi connectivity index (χ3n) is 3.83. The molecule has 1 amide bonds. The number of amides is 1. The van der Waals surface area contributed by atoms with E-state index in [2.05, 4.69) is 5.32 Å². The van der Waals surface area contributed by atoms with E-state index in [1.165, 1.54) is 0 Å². The lowest BCUT2D eigenvalue weighted by atomic mass is 9.78. The van der Waals surface area contributed by atoms with Gasteiger partial charge in [-0.15, -0.1) is 0 Å². The van der Waals surface area contributed by atoms with E-state index in [0.29, 0.717) is 16.5 Å². The summed E-state index contributed by atoms with van der Waals surface area (Å²) >= 11 is 12.3. The van der Waals surface area contributed by atoms with Crippen LogP contribution < -0.4 is 5.32 Å². The largest absolute Gasteiger partial charge is 0.325 e. The summed E-state index contributed by atoms with van der Waals surface area (Å²) in [6.07, 6.45) is 0.547. The van der Waals surface area contributed by atoms with Crippen molar-refractivity contribution in [2.24, 2.45) is 0 Å². The monoisotopic (exact) mass is 305 g/mol. The molecule has 0 radical (unpaired) electrons. The standard InChI is InChI=1S/C16H13Cl2NO/c1-16(9-10-4-2-3-5-13(10)18)12-8-11(17)6-7-14(12)19-15(16)20/h2-8H,9H2,1H3,(H,19,20). The van der Waals surface area contributed by atoms with Gasteiger partial charge in [-0.2, -0.15) is 0 Å². The third-order valence-corrected chi connectivity index (χ3v) is 4.43. The molecule has 1 heterocycles. The molecule has 20 heavy (non-hydrogen) atoms. The molecule has 0 spiro atoms. The molecule has 0 bridgehead atoms. The number of benzene rings is 2. The fourth-order valence-electron chi connectivity index (χ4n) is 2.66. The number of nitrogens with one attached hydrogen (secondary N) is 1. The van der Waals surface area contributed by atoms with Crippen LogP contribution in [-0.4, -0.2) is 5.91 Å². The van der Waals surface area contributed by atoms with Gasteiger partial charge in [-0.25, -0.2) is 0 Å². The van der Waals surface area contributed by atoms with Crippen LogP contribution in [0.3, 0.4) is 0 Å². The van der Waals surface area contributed by atoms with Crippen LogP contribution in [0.15, 0.2) is 42.5 Å². The summed E-state index contributed by atoms with van der Waals surface area (Å²) in [7, 11) is 0. The Bertz CT molecular complexity index is 699. The molecule has 4 heteroatoms.